The lowest BCUT2D eigenvalue weighted by molar-refractivity contribution is 0.174. The number of nitrogens with one attached hydrogen (secondary N) is 2. The highest BCUT2D eigenvalue weighted by Crippen LogP contribution is 2.34. The molecule has 2 aliphatic rings. The number of aromatic nitrogens is 3. The van der Waals surface area contributed by atoms with Crippen molar-refractivity contribution in [3.63, 3.8) is 0 Å². The Balaban J connectivity index is 1.14. The van der Waals surface area contributed by atoms with E-state index < -0.39 is 0 Å². The number of aryl methyl sites for hydroxylation is 1. The minimum atomic E-state index is -0.139. The van der Waals surface area contributed by atoms with Gasteiger partial charge in [0.25, 0.3) is 0 Å². The molecule has 10 nitrogen and oxygen atoms in total. The van der Waals surface area contributed by atoms with Crippen LogP contribution in [0.25, 0.3) is 0 Å². The first-order valence-corrected chi connectivity index (χ1v) is 10.4. The second-order valence-corrected chi connectivity index (χ2v) is 7.59. The van der Waals surface area contributed by atoms with Gasteiger partial charge < -0.3 is 29.9 Å². The lowest BCUT2D eigenvalue weighted by atomic mass is 10.2. The van der Waals surface area contributed by atoms with Gasteiger partial charge in [0.1, 0.15) is 5.82 Å². The van der Waals surface area contributed by atoms with Crippen LogP contribution >= 0.6 is 0 Å². The first-order chi connectivity index (χ1) is 15.6. The first-order valence-electron chi connectivity index (χ1n) is 10.4. The van der Waals surface area contributed by atoms with Gasteiger partial charge in [0.2, 0.25) is 6.79 Å². The summed E-state index contributed by atoms with van der Waals surface area (Å²) in [6.45, 7) is 4.73. The highest BCUT2D eigenvalue weighted by molar-refractivity contribution is 5.90. The molecule has 3 aromatic rings. The number of fused-ring (bicyclic) bond motifs is 1. The van der Waals surface area contributed by atoms with Crippen molar-refractivity contribution in [3.8, 4) is 11.5 Å². The zero-order chi connectivity index (χ0) is 21.9. The third kappa shape index (κ3) is 4.34. The lowest BCUT2D eigenvalue weighted by Gasteiger charge is -2.35. The van der Waals surface area contributed by atoms with Gasteiger partial charge in [-0.1, -0.05) is 6.07 Å². The van der Waals surface area contributed by atoms with E-state index in [1.54, 1.807) is 29.3 Å². The van der Waals surface area contributed by atoms with Crippen LogP contribution in [0.15, 0.2) is 48.7 Å². The molecule has 1 fully saturated rings. The summed E-state index contributed by atoms with van der Waals surface area (Å²) in [6, 6.07) is 12.9. The molecule has 2 aliphatic heterocycles. The third-order valence-electron chi connectivity index (χ3n) is 5.33. The SMILES string of the molecule is Cc1ccc(Nc2ccc(N3CCN(C(=O)Nc4ccc5c(c4)OCO5)CC3)nn2)nc1. The average molecular weight is 433 g/mol. The predicted octanol–water partition coefficient (Wildman–Crippen LogP) is 3.01. The molecule has 2 aromatic heterocycles. The Morgan fingerprint density at radius 1 is 0.938 bits per heavy atom. The van der Waals surface area contributed by atoms with Gasteiger partial charge in [-0.15, -0.1) is 10.2 Å². The number of hydrogen-bond donors (Lipinski definition) is 2. The summed E-state index contributed by atoms with van der Waals surface area (Å²) in [7, 11) is 0. The van der Waals surface area contributed by atoms with Crippen LogP contribution in [-0.2, 0) is 0 Å². The van der Waals surface area contributed by atoms with Gasteiger partial charge in [-0.3, -0.25) is 0 Å². The van der Waals surface area contributed by atoms with Gasteiger partial charge in [0.15, 0.2) is 23.1 Å². The molecule has 10 heteroatoms. The first kappa shape index (κ1) is 19.9. The van der Waals surface area contributed by atoms with E-state index in [1.807, 2.05) is 31.2 Å². The van der Waals surface area contributed by atoms with Crippen molar-refractivity contribution < 1.29 is 14.3 Å². The van der Waals surface area contributed by atoms with E-state index in [0.29, 0.717) is 49.2 Å². The molecular weight excluding hydrogens is 410 g/mol. The molecule has 5 rings (SSSR count). The molecule has 0 unspecified atom stereocenters. The van der Waals surface area contributed by atoms with Crippen molar-refractivity contribution in [2.45, 2.75) is 6.92 Å². The van der Waals surface area contributed by atoms with Gasteiger partial charge in [-0.2, -0.15) is 0 Å². The number of rotatable bonds is 4. The van der Waals surface area contributed by atoms with Gasteiger partial charge >= 0.3 is 6.03 Å². The second kappa shape index (κ2) is 8.58. The van der Waals surface area contributed by atoms with E-state index in [-0.39, 0.29) is 12.8 Å². The number of piperazine rings is 1. The van der Waals surface area contributed by atoms with Gasteiger partial charge in [0.05, 0.1) is 0 Å². The van der Waals surface area contributed by atoms with Crippen molar-refractivity contribution in [3.05, 3.63) is 54.2 Å². The number of hydrogen-bond acceptors (Lipinski definition) is 8. The number of nitrogens with zero attached hydrogens (tertiary/aromatic N) is 5. The molecule has 0 spiro atoms. The monoisotopic (exact) mass is 433 g/mol. The quantitative estimate of drug-likeness (QED) is 0.647. The Hall–Kier alpha value is -4.08. The molecule has 0 atom stereocenters. The van der Waals surface area contributed by atoms with Crippen LogP contribution < -0.4 is 25.0 Å². The Morgan fingerprint density at radius 3 is 2.50 bits per heavy atom. The number of carbonyl (C=O) groups excluding carboxylic acids is 1. The van der Waals surface area contributed by atoms with Gasteiger partial charge in [0, 0.05) is 44.1 Å². The summed E-state index contributed by atoms with van der Waals surface area (Å²) < 4.78 is 10.7. The Morgan fingerprint density at radius 2 is 1.75 bits per heavy atom. The number of benzene rings is 1. The maximum absolute atomic E-state index is 12.6. The number of anilines is 4. The Bertz CT molecular complexity index is 1100. The fourth-order valence-electron chi connectivity index (χ4n) is 3.55. The van der Waals surface area contributed by atoms with E-state index in [2.05, 4.69) is 30.7 Å². The molecule has 0 aliphatic carbocycles. The number of urea groups is 1. The average Bonchev–Trinajstić information content (AvgIpc) is 3.29. The van der Waals surface area contributed by atoms with E-state index in [9.17, 15) is 4.79 Å². The number of carbonyl (C=O) groups is 1. The lowest BCUT2D eigenvalue weighted by Crippen LogP contribution is -2.50. The molecular formula is C22H23N7O3. The van der Waals surface area contributed by atoms with Crippen molar-refractivity contribution in [1.82, 2.24) is 20.1 Å². The van der Waals surface area contributed by atoms with Crippen LogP contribution in [0, 0.1) is 6.92 Å². The molecule has 0 radical (unpaired) electrons. The van der Waals surface area contributed by atoms with Crippen LogP contribution in [0.4, 0.5) is 27.9 Å². The number of pyridine rings is 1. The van der Waals surface area contributed by atoms with E-state index in [4.69, 9.17) is 9.47 Å². The maximum Gasteiger partial charge on any atom is 0.321 e. The zero-order valence-electron chi connectivity index (χ0n) is 17.6. The molecule has 0 bridgehead atoms. The van der Waals surface area contributed by atoms with E-state index in [0.717, 1.165) is 17.2 Å². The standard InChI is InChI=1S/C22H23N7O3/c1-15-2-5-19(23-13-15)25-20-6-7-21(27-26-20)28-8-10-29(11-9-28)22(30)24-16-3-4-17-18(12-16)32-14-31-17/h2-7,12-13H,8-11,14H2,1H3,(H,24,30)(H,23,25,26). The van der Waals surface area contributed by atoms with Crippen LogP contribution in [0.3, 0.4) is 0 Å². The van der Waals surface area contributed by atoms with Gasteiger partial charge in [-0.25, -0.2) is 9.78 Å². The zero-order valence-corrected chi connectivity index (χ0v) is 17.6. The summed E-state index contributed by atoms with van der Waals surface area (Å²) in [5.41, 5.74) is 1.78. The van der Waals surface area contributed by atoms with Gasteiger partial charge in [-0.05, 0) is 42.8 Å². The van der Waals surface area contributed by atoms with Crippen LogP contribution in [-0.4, -0.2) is 59.1 Å². The molecule has 1 aromatic carbocycles. The summed E-state index contributed by atoms with van der Waals surface area (Å²) in [4.78, 5) is 20.8. The van der Waals surface area contributed by atoms with Crippen molar-refractivity contribution in [1.29, 1.82) is 0 Å². The fourth-order valence-corrected chi connectivity index (χ4v) is 3.55. The normalized spacial score (nSPS) is 14.9. The highest BCUT2D eigenvalue weighted by atomic mass is 16.7. The topological polar surface area (TPSA) is 105 Å². The Labute approximate surface area is 185 Å². The highest BCUT2D eigenvalue weighted by Gasteiger charge is 2.23. The minimum Gasteiger partial charge on any atom is -0.454 e. The summed E-state index contributed by atoms with van der Waals surface area (Å²) in [5.74, 6) is 3.46. The molecule has 2 N–H and O–H groups in total. The van der Waals surface area contributed by atoms with E-state index in [1.165, 1.54) is 0 Å². The van der Waals surface area contributed by atoms with Crippen molar-refractivity contribution in [2.24, 2.45) is 0 Å². The fraction of sp³-hybridized carbons (Fsp3) is 0.273. The predicted molar refractivity (Wildman–Crippen MR) is 120 cm³/mol. The Kier molecular flexibility index (Phi) is 5.32. The van der Waals surface area contributed by atoms with E-state index >= 15 is 0 Å². The minimum absolute atomic E-state index is 0.139. The van der Waals surface area contributed by atoms with Crippen LogP contribution in [0.5, 0.6) is 11.5 Å². The maximum atomic E-state index is 12.6. The molecule has 0 saturated carbocycles. The second-order valence-electron chi connectivity index (χ2n) is 7.59. The number of amides is 2. The molecule has 4 heterocycles. The third-order valence-corrected chi connectivity index (χ3v) is 5.33. The largest absolute Gasteiger partial charge is 0.454 e. The van der Waals surface area contributed by atoms with Crippen LogP contribution in [0.2, 0.25) is 0 Å². The van der Waals surface area contributed by atoms with Crippen molar-refractivity contribution >= 4 is 29.2 Å². The van der Waals surface area contributed by atoms with Crippen molar-refractivity contribution in [2.75, 3.05) is 48.5 Å². The molecule has 1 saturated heterocycles. The van der Waals surface area contributed by atoms with Crippen LogP contribution in [0.1, 0.15) is 5.56 Å². The smallest absolute Gasteiger partial charge is 0.321 e. The molecule has 164 valence electrons. The summed E-state index contributed by atoms with van der Waals surface area (Å²) >= 11 is 0. The molecule has 2 amide bonds. The summed E-state index contributed by atoms with van der Waals surface area (Å²) in [6.07, 6.45) is 1.80. The number of ether oxygens (including phenoxy) is 2. The molecule has 32 heavy (non-hydrogen) atoms. The summed E-state index contributed by atoms with van der Waals surface area (Å²) in [5, 5.41) is 14.6.